The first-order valence-electron chi connectivity index (χ1n) is 6.53. The van der Waals surface area contributed by atoms with Crippen molar-refractivity contribution >= 4 is 29.0 Å². The summed E-state index contributed by atoms with van der Waals surface area (Å²) in [5.41, 5.74) is 6.37. The summed E-state index contributed by atoms with van der Waals surface area (Å²) in [5.74, 6) is -0.415. The van der Waals surface area contributed by atoms with Crippen LogP contribution in [0.5, 0.6) is 0 Å². The molecule has 2 aromatic heterocycles. The van der Waals surface area contributed by atoms with Gasteiger partial charge in [0.2, 0.25) is 11.1 Å². The number of tetrazole rings is 1. The number of hydrogen-bond acceptors (Lipinski definition) is 6. The molecule has 0 aliphatic rings. The van der Waals surface area contributed by atoms with Gasteiger partial charge in [0, 0.05) is 4.88 Å². The topological polar surface area (TPSA) is 86.7 Å². The molecule has 0 spiro atoms. The molecule has 0 bridgehead atoms. The third-order valence-corrected chi connectivity index (χ3v) is 5.07. The maximum atomic E-state index is 11.8. The molecular formula is C14H13N5OS2. The van der Waals surface area contributed by atoms with Crippen LogP contribution in [0.25, 0.3) is 0 Å². The number of carbonyl (C=O) groups is 1. The maximum absolute atomic E-state index is 11.8. The highest BCUT2D eigenvalue weighted by molar-refractivity contribution is 8.00. The molecule has 2 heterocycles. The molecule has 0 aliphatic heterocycles. The molecule has 0 aliphatic carbocycles. The van der Waals surface area contributed by atoms with E-state index in [9.17, 15) is 4.79 Å². The van der Waals surface area contributed by atoms with E-state index >= 15 is 0 Å². The summed E-state index contributed by atoms with van der Waals surface area (Å²) in [4.78, 5) is 12.9. The first-order valence-corrected chi connectivity index (χ1v) is 8.29. The number of carbonyl (C=O) groups excluding carboxylic acids is 1. The van der Waals surface area contributed by atoms with Crippen molar-refractivity contribution in [3.8, 4) is 0 Å². The van der Waals surface area contributed by atoms with Crippen LogP contribution in [0.2, 0.25) is 0 Å². The van der Waals surface area contributed by atoms with Gasteiger partial charge in [0.05, 0.1) is 6.54 Å². The van der Waals surface area contributed by atoms with Crippen molar-refractivity contribution in [3.63, 3.8) is 0 Å². The van der Waals surface area contributed by atoms with E-state index in [0.717, 1.165) is 10.4 Å². The summed E-state index contributed by atoms with van der Waals surface area (Å²) in [7, 11) is 0. The fourth-order valence-electron chi connectivity index (χ4n) is 1.95. The molecule has 2 N–H and O–H groups in total. The first kappa shape index (κ1) is 14.7. The predicted molar refractivity (Wildman–Crippen MR) is 85.5 cm³/mol. The highest BCUT2D eigenvalue weighted by Gasteiger charge is 2.22. The van der Waals surface area contributed by atoms with Gasteiger partial charge in [-0.2, -0.15) is 0 Å². The summed E-state index contributed by atoms with van der Waals surface area (Å²) in [6, 6.07) is 13.4. The molecule has 1 atom stereocenters. The van der Waals surface area contributed by atoms with Gasteiger partial charge in [-0.15, -0.1) is 16.4 Å². The number of hydrogen-bond donors (Lipinski definition) is 1. The quantitative estimate of drug-likeness (QED) is 0.699. The number of thioether (sulfide) groups is 1. The number of amides is 1. The van der Waals surface area contributed by atoms with Crippen molar-refractivity contribution in [2.45, 2.75) is 17.0 Å². The minimum Gasteiger partial charge on any atom is -0.368 e. The Morgan fingerprint density at radius 2 is 2.09 bits per heavy atom. The molecule has 6 nitrogen and oxygen atoms in total. The molecular weight excluding hydrogens is 318 g/mol. The van der Waals surface area contributed by atoms with E-state index in [2.05, 4.69) is 15.5 Å². The molecule has 0 radical (unpaired) electrons. The summed E-state index contributed by atoms with van der Waals surface area (Å²) >= 11 is 2.90. The summed E-state index contributed by atoms with van der Waals surface area (Å²) < 4.78 is 1.68. The van der Waals surface area contributed by atoms with E-state index in [-0.39, 0.29) is 0 Å². The number of nitrogens with zero attached hydrogens (tertiary/aromatic N) is 4. The summed E-state index contributed by atoms with van der Waals surface area (Å²) in [6.45, 7) is 0.577. The lowest BCUT2D eigenvalue weighted by atomic mass is 10.1. The van der Waals surface area contributed by atoms with Crippen LogP contribution in [-0.2, 0) is 11.3 Å². The van der Waals surface area contributed by atoms with E-state index in [1.165, 1.54) is 11.8 Å². The number of aromatic nitrogens is 4. The van der Waals surface area contributed by atoms with Crippen molar-refractivity contribution in [1.82, 2.24) is 20.2 Å². The third-order valence-electron chi connectivity index (χ3n) is 2.97. The number of benzene rings is 1. The average molecular weight is 331 g/mol. The Morgan fingerprint density at radius 1 is 1.27 bits per heavy atom. The van der Waals surface area contributed by atoms with E-state index in [4.69, 9.17) is 5.73 Å². The van der Waals surface area contributed by atoms with E-state index in [0.29, 0.717) is 11.7 Å². The Kier molecular flexibility index (Phi) is 4.50. The fraction of sp³-hybridized carbons (Fsp3) is 0.143. The van der Waals surface area contributed by atoms with Crippen LogP contribution in [0.3, 0.4) is 0 Å². The SMILES string of the molecule is NC(=O)C(Sc1nnnn1Cc1cccs1)c1ccccc1. The molecule has 0 fully saturated rings. The molecule has 1 amide bonds. The van der Waals surface area contributed by atoms with Gasteiger partial charge in [-0.25, -0.2) is 4.68 Å². The standard InChI is InChI=1S/C14H13N5OS2/c15-13(20)12(10-5-2-1-3-6-10)22-14-16-17-18-19(14)9-11-7-4-8-21-11/h1-8,12H,9H2,(H2,15,20). The Hall–Kier alpha value is -2.19. The van der Waals surface area contributed by atoms with E-state index in [1.807, 2.05) is 47.8 Å². The predicted octanol–water partition coefficient (Wildman–Crippen LogP) is 2.10. The van der Waals surface area contributed by atoms with Crippen LogP contribution in [0, 0.1) is 0 Å². The Morgan fingerprint density at radius 3 is 2.77 bits per heavy atom. The zero-order valence-electron chi connectivity index (χ0n) is 11.5. The number of nitrogens with two attached hydrogens (primary N) is 1. The fourth-order valence-corrected chi connectivity index (χ4v) is 3.57. The van der Waals surface area contributed by atoms with Crippen molar-refractivity contribution < 1.29 is 4.79 Å². The van der Waals surface area contributed by atoms with Gasteiger partial charge in [-0.05, 0) is 27.4 Å². The molecule has 112 valence electrons. The lowest BCUT2D eigenvalue weighted by molar-refractivity contribution is -0.117. The van der Waals surface area contributed by atoms with Gasteiger partial charge in [0.25, 0.3) is 0 Å². The highest BCUT2D eigenvalue weighted by atomic mass is 32.2. The third kappa shape index (κ3) is 3.34. The highest BCUT2D eigenvalue weighted by Crippen LogP contribution is 2.33. The molecule has 22 heavy (non-hydrogen) atoms. The van der Waals surface area contributed by atoms with Crippen LogP contribution in [0.15, 0.2) is 53.0 Å². The zero-order valence-corrected chi connectivity index (χ0v) is 13.1. The number of thiophene rings is 1. The van der Waals surface area contributed by atoms with Gasteiger partial charge in [-0.1, -0.05) is 48.2 Å². The summed E-state index contributed by atoms with van der Waals surface area (Å²) in [6.07, 6.45) is 0. The second kappa shape index (κ2) is 6.71. The first-order chi connectivity index (χ1) is 10.7. The second-order valence-corrected chi connectivity index (χ2v) is 6.61. The van der Waals surface area contributed by atoms with Crippen LogP contribution < -0.4 is 5.73 Å². The molecule has 0 saturated carbocycles. The van der Waals surface area contributed by atoms with Gasteiger partial charge in [0.15, 0.2) is 0 Å². The van der Waals surface area contributed by atoms with Crippen molar-refractivity contribution in [3.05, 3.63) is 58.3 Å². The van der Waals surface area contributed by atoms with E-state index < -0.39 is 11.2 Å². The van der Waals surface area contributed by atoms with Gasteiger partial charge >= 0.3 is 0 Å². The lowest BCUT2D eigenvalue weighted by Gasteiger charge is -2.12. The van der Waals surface area contributed by atoms with Crippen LogP contribution in [0.1, 0.15) is 15.7 Å². The number of primary amides is 1. The molecule has 1 aromatic carbocycles. The van der Waals surface area contributed by atoms with Gasteiger partial charge in [0.1, 0.15) is 5.25 Å². The van der Waals surface area contributed by atoms with Crippen molar-refractivity contribution in [2.24, 2.45) is 5.73 Å². The average Bonchev–Trinajstić information content (AvgIpc) is 3.18. The second-order valence-electron chi connectivity index (χ2n) is 4.51. The normalized spacial score (nSPS) is 12.2. The largest absolute Gasteiger partial charge is 0.368 e. The van der Waals surface area contributed by atoms with E-state index in [1.54, 1.807) is 16.0 Å². The minimum absolute atomic E-state index is 0.415. The molecule has 1 unspecified atom stereocenters. The maximum Gasteiger partial charge on any atom is 0.235 e. The van der Waals surface area contributed by atoms with Gasteiger partial charge < -0.3 is 5.73 Å². The lowest BCUT2D eigenvalue weighted by Crippen LogP contribution is -2.19. The van der Waals surface area contributed by atoms with Crippen molar-refractivity contribution in [2.75, 3.05) is 0 Å². The Bertz CT molecular complexity index is 742. The van der Waals surface area contributed by atoms with Gasteiger partial charge in [-0.3, -0.25) is 4.79 Å². The molecule has 3 rings (SSSR count). The number of rotatable bonds is 6. The zero-order chi connectivity index (χ0) is 15.4. The van der Waals surface area contributed by atoms with Crippen LogP contribution >= 0.6 is 23.1 Å². The Labute approximate surface area is 135 Å². The van der Waals surface area contributed by atoms with Crippen LogP contribution in [0.4, 0.5) is 0 Å². The Balaban J connectivity index is 1.82. The smallest absolute Gasteiger partial charge is 0.235 e. The molecule has 0 saturated heterocycles. The minimum atomic E-state index is -0.519. The monoisotopic (exact) mass is 331 g/mol. The summed E-state index contributed by atoms with van der Waals surface area (Å²) in [5, 5.41) is 13.7. The van der Waals surface area contributed by atoms with Crippen LogP contribution in [-0.4, -0.2) is 26.1 Å². The molecule has 8 heteroatoms. The molecule has 3 aromatic rings. The van der Waals surface area contributed by atoms with Crippen molar-refractivity contribution in [1.29, 1.82) is 0 Å².